The minimum absolute atomic E-state index is 0.524. The van der Waals surface area contributed by atoms with Gasteiger partial charge in [0.05, 0.1) is 0 Å². The van der Waals surface area contributed by atoms with E-state index in [1.54, 1.807) is 6.20 Å². The molecule has 2 heterocycles. The Morgan fingerprint density at radius 2 is 1.77 bits per heavy atom. The number of rotatable bonds is 3. The number of piperidine rings is 1. The second kappa shape index (κ2) is 7.77. The first-order valence-corrected chi connectivity index (χ1v) is 9.14. The molecule has 1 aliphatic heterocycles. The molecule has 0 amide bonds. The van der Waals surface area contributed by atoms with E-state index in [1.807, 2.05) is 38.1 Å². The first kappa shape index (κ1) is 18.2. The van der Waals surface area contributed by atoms with Crippen LogP contribution < -0.4 is 4.74 Å². The topological polar surface area (TPSA) is 58.0 Å². The standard InChI is InChI=1S/C21H27N3O2/c1-14-7-15(2)10-19(9-14)26-20-6-5-18(11-22-20)21(23-25)24-12-16(3)8-17(4)13-24/h5-7,9-11,16-17,25H,8,12-13H2,1-4H3/b23-21-. The summed E-state index contributed by atoms with van der Waals surface area (Å²) in [7, 11) is 0. The first-order valence-electron chi connectivity index (χ1n) is 9.14. The number of benzene rings is 1. The lowest BCUT2D eigenvalue weighted by Crippen LogP contribution is -2.43. The number of amidine groups is 1. The van der Waals surface area contributed by atoms with Gasteiger partial charge in [-0.2, -0.15) is 0 Å². The Kier molecular flexibility index (Phi) is 5.45. The summed E-state index contributed by atoms with van der Waals surface area (Å²) in [6, 6.07) is 9.78. The number of ether oxygens (including phenoxy) is 1. The van der Waals surface area contributed by atoms with Gasteiger partial charge in [0.25, 0.3) is 0 Å². The zero-order valence-electron chi connectivity index (χ0n) is 15.9. The Balaban J connectivity index is 1.75. The smallest absolute Gasteiger partial charge is 0.219 e. The lowest BCUT2D eigenvalue weighted by atomic mass is 9.91. The molecule has 2 aromatic rings. The highest BCUT2D eigenvalue weighted by Crippen LogP contribution is 2.25. The van der Waals surface area contributed by atoms with Crippen LogP contribution in [0.1, 0.15) is 37.0 Å². The molecule has 1 saturated heterocycles. The van der Waals surface area contributed by atoms with Crippen LogP contribution >= 0.6 is 0 Å². The molecule has 5 nitrogen and oxygen atoms in total. The third kappa shape index (κ3) is 4.34. The number of aryl methyl sites for hydroxylation is 2. The molecular formula is C21H27N3O2. The summed E-state index contributed by atoms with van der Waals surface area (Å²) in [4.78, 5) is 6.53. The summed E-state index contributed by atoms with van der Waals surface area (Å²) in [5.41, 5.74) is 3.10. The highest BCUT2D eigenvalue weighted by Gasteiger charge is 2.25. The maximum absolute atomic E-state index is 9.56. The molecule has 26 heavy (non-hydrogen) atoms. The maximum atomic E-state index is 9.56. The van der Waals surface area contributed by atoms with Crippen LogP contribution in [0.25, 0.3) is 0 Å². The van der Waals surface area contributed by atoms with Gasteiger partial charge < -0.3 is 14.8 Å². The van der Waals surface area contributed by atoms with Crippen molar-refractivity contribution in [3.63, 3.8) is 0 Å². The zero-order valence-corrected chi connectivity index (χ0v) is 15.9. The number of hydrogen-bond donors (Lipinski definition) is 1. The van der Waals surface area contributed by atoms with Gasteiger partial charge in [0.2, 0.25) is 5.88 Å². The second-order valence-electron chi connectivity index (χ2n) is 7.59. The summed E-state index contributed by atoms with van der Waals surface area (Å²) in [5, 5.41) is 13.1. The molecule has 1 fully saturated rings. The highest BCUT2D eigenvalue weighted by atomic mass is 16.5. The minimum Gasteiger partial charge on any atom is -0.439 e. The lowest BCUT2D eigenvalue weighted by molar-refractivity contribution is 0.204. The largest absolute Gasteiger partial charge is 0.439 e. The van der Waals surface area contributed by atoms with Crippen molar-refractivity contribution in [2.24, 2.45) is 17.0 Å². The van der Waals surface area contributed by atoms with E-state index in [9.17, 15) is 5.21 Å². The Bertz CT molecular complexity index is 756. The number of likely N-dealkylation sites (tertiary alicyclic amines) is 1. The molecule has 1 N–H and O–H groups in total. The number of hydrogen-bond acceptors (Lipinski definition) is 4. The summed E-state index contributed by atoms with van der Waals surface area (Å²) in [5.74, 6) is 3.04. The van der Waals surface area contributed by atoms with Crippen LogP contribution in [0.2, 0.25) is 0 Å². The Morgan fingerprint density at radius 3 is 2.31 bits per heavy atom. The fourth-order valence-electron chi connectivity index (χ4n) is 3.82. The molecule has 0 spiro atoms. The average Bonchev–Trinajstić information content (AvgIpc) is 2.55. The van der Waals surface area contributed by atoms with E-state index < -0.39 is 0 Å². The van der Waals surface area contributed by atoms with Gasteiger partial charge in [0.1, 0.15) is 5.75 Å². The van der Waals surface area contributed by atoms with Crippen molar-refractivity contribution in [1.29, 1.82) is 0 Å². The van der Waals surface area contributed by atoms with Crippen LogP contribution in [0.4, 0.5) is 0 Å². The van der Waals surface area contributed by atoms with E-state index >= 15 is 0 Å². The van der Waals surface area contributed by atoms with Gasteiger partial charge in [-0.05, 0) is 61.4 Å². The summed E-state index contributed by atoms with van der Waals surface area (Å²) >= 11 is 0. The molecule has 0 bridgehead atoms. The van der Waals surface area contributed by atoms with E-state index in [1.165, 1.54) is 6.42 Å². The molecular weight excluding hydrogens is 326 g/mol. The van der Waals surface area contributed by atoms with E-state index in [0.717, 1.165) is 35.5 Å². The van der Waals surface area contributed by atoms with Gasteiger partial charge in [0, 0.05) is 30.9 Å². The number of pyridine rings is 1. The zero-order chi connectivity index (χ0) is 18.7. The normalized spacial score (nSPS) is 20.9. The SMILES string of the molecule is Cc1cc(C)cc(Oc2ccc(/C(=N/O)N3CC(C)CC(C)C3)cn2)c1. The minimum atomic E-state index is 0.524. The van der Waals surface area contributed by atoms with Gasteiger partial charge in [-0.3, -0.25) is 0 Å². The molecule has 0 saturated carbocycles. The number of aromatic nitrogens is 1. The molecule has 0 aliphatic carbocycles. The van der Waals surface area contributed by atoms with Crippen molar-refractivity contribution >= 4 is 5.84 Å². The molecule has 1 aromatic heterocycles. The van der Waals surface area contributed by atoms with E-state index in [0.29, 0.717) is 23.6 Å². The van der Waals surface area contributed by atoms with Crippen molar-refractivity contribution in [2.45, 2.75) is 34.1 Å². The Morgan fingerprint density at radius 1 is 1.12 bits per heavy atom. The molecule has 1 aromatic carbocycles. The predicted molar refractivity (Wildman–Crippen MR) is 103 cm³/mol. The van der Waals surface area contributed by atoms with Crippen LogP contribution in [-0.2, 0) is 0 Å². The molecule has 138 valence electrons. The third-order valence-electron chi connectivity index (χ3n) is 4.68. The first-order chi connectivity index (χ1) is 12.4. The molecule has 2 atom stereocenters. The fourth-order valence-corrected chi connectivity index (χ4v) is 3.82. The molecule has 2 unspecified atom stereocenters. The average molecular weight is 353 g/mol. The van der Waals surface area contributed by atoms with Crippen molar-refractivity contribution in [3.8, 4) is 11.6 Å². The van der Waals surface area contributed by atoms with Crippen LogP contribution in [0.15, 0.2) is 41.7 Å². The van der Waals surface area contributed by atoms with E-state index in [2.05, 4.69) is 35.0 Å². The van der Waals surface area contributed by atoms with Crippen LogP contribution in [-0.4, -0.2) is 34.0 Å². The lowest BCUT2D eigenvalue weighted by Gasteiger charge is -2.36. The van der Waals surface area contributed by atoms with Gasteiger partial charge in [0.15, 0.2) is 5.84 Å². The quantitative estimate of drug-likeness (QED) is 0.379. The summed E-state index contributed by atoms with van der Waals surface area (Å²) in [6.07, 6.45) is 2.91. The van der Waals surface area contributed by atoms with Crippen LogP contribution in [0.3, 0.4) is 0 Å². The molecule has 3 rings (SSSR count). The van der Waals surface area contributed by atoms with E-state index in [-0.39, 0.29) is 0 Å². The van der Waals surface area contributed by atoms with Crippen molar-refractivity contribution in [3.05, 3.63) is 53.2 Å². The van der Waals surface area contributed by atoms with Crippen LogP contribution in [0, 0.1) is 25.7 Å². The van der Waals surface area contributed by atoms with Gasteiger partial charge in [-0.15, -0.1) is 0 Å². The molecule has 1 aliphatic rings. The van der Waals surface area contributed by atoms with E-state index in [4.69, 9.17) is 4.74 Å². The predicted octanol–water partition coefficient (Wildman–Crippen LogP) is 4.60. The monoisotopic (exact) mass is 353 g/mol. The highest BCUT2D eigenvalue weighted by molar-refractivity contribution is 5.98. The van der Waals surface area contributed by atoms with Crippen molar-refractivity contribution < 1.29 is 9.94 Å². The second-order valence-corrected chi connectivity index (χ2v) is 7.59. The summed E-state index contributed by atoms with van der Waals surface area (Å²) < 4.78 is 5.86. The Hall–Kier alpha value is -2.56. The summed E-state index contributed by atoms with van der Waals surface area (Å²) in [6.45, 7) is 10.3. The third-order valence-corrected chi connectivity index (χ3v) is 4.68. The van der Waals surface area contributed by atoms with Gasteiger partial charge >= 0.3 is 0 Å². The fraction of sp³-hybridized carbons (Fsp3) is 0.429. The van der Waals surface area contributed by atoms with Gasteiger partial charge in [-0.25, -0.2) is 4.98 Å². The van der Waals surface area contributed by atoms with Crippen molar-refractivity contribution in [1.82, 2.24) is 9.88 Å². The number of oxime groups is 1. The Labute approximate surface area is 155 Å². The molecule has 5 heteroatoms. The van der Waals surface area contributed by atoms with Crippen molar-refractivity contribution in [2.75, 3.05) is 13.1 Å². The number of nitrogens with zero attached hydrogens (tertiary/aromatic N) is 3. The maximum Gasteiger partial charge on any atom is 0.219 e. The van der Waals surface area contributed by atoms with Crippen LogP contribution in [0.5, 0.6) is 11.6 Å². The molecule has 0 radical (unpaired) electrons. The van der Waals surface area contributed by atoms with Gasteiger partial charge in [-0.1, -0.05) is 25.1 Å².